The van der Waals surface area contributed by atoms with Crippen molar-refractivity contribution in [3.63, 3.8) is 0 Å². The Morgan fingerprint density at radius 1 is 1.52 bits per heavy atom. The van der Waals surface area contributed by atoms with Gasteiger partial charge in [0, 0.05) is 25.2 Å². The predicted octanol–water partition coefficient (Wildman–Crippen LogP) is -1.06. The maximum Gasteiger partial charge on any atom is 0.326 e. The lowest BCUT2D eigenvalue weighted by Crippen LogP contribution is -2.45. The fourth-order valence-electron chi connectivity index (χ4n) is 1.64. The summed E-state index contributed by atoms with van der Waals surface area (Å²) < 4.78 is 5.91. The van der Waals surface area contributed by atoms with Gasteiger partial charge in [0.15, 0.2) is 0 Å². The Balaban J connectivity index is 2.63. The molecule has 116 valence electrons. The summed E-state index contributed by atoms with van der Waals surface area (Å²) in [5.74, 6) is -2.45. The minimum Gasteiger partial charge on any atom is -0.480 e. The molecule has 1 heterocycles. The van der Waals surface area contributed by atoms with E-state index in [2.05, 4.69) is 15.2 Å². The van der Waals surface area contributed by atoms with Crippen LogP contribution in [0.15, 0.2) is 12.4 Å². The summed E-state index contributed by atoms with van der Waals surface area (Å²) in [6.07, 6.45) is 2.80. The number of hydrogen-bond donors (Lipinski definition) is 3. The second-order valence-corrected chi connectivity index (χ2v) is 4.44. The van der Waals surface area contributed by atoms with Crippen molar-refractivity contribution in [2.24, 2.45) is 12.8 Å². The lowest BCUT2D eigenvalue weighted by Gasteiger charge is -2.16. The van der Waals surface area contributed by atoms with Gasteiger partial charge in [-0.1, -0.05) is 0 Å². The first-order chi connectivity index (χ1) is 9.85. The molecule has 0 aliphatic heterocycles. The Hall–Kier alpha value is -2.42. The fourth-order valence-corrected chi connectivity index (χ4v) is 1.64. The zero-order chi connectivity index (χ0) is 16.0. The zero-order valence-electron chi connectivity index (χ0n) is 11.8. The molecule has 0 saturated carbocycles. The number of amides is 1. The van der Waals surface area contributed by atoms with Crippen molar-refractivity contribution in [1.82, 2.24) is 15.1 Å². The Morgan fingerprint density at radius 3 is 2.67 bits per heavy atom. The number of nitrogens with one attached hydrogen (secondary N) is 1. The van der Waals surface area contributed by atoms with Crippen molar-refractivity contribution >= 4 is 17.8 Å². The Labute approximate surface area is 121 Å². The van der Waals surface area contributed by atoms with Crippen LogP contribution in [0.2, 0.25) is 0 Å². The number of carbonyl (C=O) groups is 3. The molecule has 0 fully saturated rings. The number of rotatable bonds is 7. The fraction of sp³-hybridized carbons (Fsp3) is 0.500. The summed E-state index contributed by atoms with van der Waals surface area (Å²) in [4.78, 5) is 34.0. The normalized spacial score (nSPS) is 13.3. The maximum absolute atomic E-state index is 11.9. The van der Waals surface area contributed by atoms with Crippen molar-refractivity contribution in [2.75, 3.05) is 7.11 Å². The van der Waals surface area contributed by atoms with Crippen LogP contribution in [-0.4, -0.2) is 45.9 Å². The summed E-state index contributed by atoms with van der Waals surface area (Å²) in [6, 6.07) is -2.24. The number of nitrogens with zero attached hydrogens (tertiary/aromatic N) is 2. The van der Waals surface area contributed by atoms with Gasteiger partial charge >= 0.3 is 11.9 Å². The number of ether oxygens (including phenoxy) is 1. The van der Waals surface area contributed by atoms with Crippen LogP contribution >= 0.6 is 0 Å². The van der Waals surface area contributed by atoms with Gasteiger partial charge in [0.05, 0.1) is 13.3 Å². The zero-order valence-corrected chi connectivity index (χ0v) is 11.8. The molecule has 0 aromatic carbocycles. The molecule has 1 aromatic heterocycles. The van der Waals surface area contributed by atoms with Gasteiger partial charge in [-0.2, -0.15) is 5.10 Å². The van der Waals surface area contributed by atoms with Crippen molar-refractivity contribution < 1.29 is 24.2 Å². The summed E-state index contributed by atoms with van der Waals surface area (Å²) >= 11 is 0. The highest BCUT2D eigenvalue weighted by molar-refractivity contribution is 5.87. The van der Waals surface area contributed by atoms with E-state index in [9.17, 15) is 14.4 Å². The standard InChI is InChI=1S/C12H18N4O5/c1-16-6-7(5-14-16)10(13)11(18)15-8(12(19)20)3-4-9(17)21-2/h5-6,8,10H,3-4,13H2,1-2H3,(H,15,18)(H,19,20)/t8-,10?/m1/s1. The average Bonchev–Trinajstić information content (AvgIpc) is 2.87. The number of aromatic nitrogens is 2. The number of aryl methyl sites for hydroxylation is 1. The van der Waals surface area contributed by atoms with Crippen LogP contribution < -0.4 is 11.1 Å². The Morgan fingerprint density at radius 2 is 2.19 bits per heavy atom. The van der Waals surface area contributed by atoms with Crippen LogP contribution in [0.4, 0.5) is 0 Å². The van der Waals surface area contributed by atoms with Crippen molar-refractivity contribution in [3.8, 4) is 0 Å². The van der Waals surface area contributed by atoms with Crippen molar-refractivity contribution in [1.29, 1.82) is 0 Å². The van der Waals surface area contributed by atoms with Crippen LogP contribution in [0.1, 0.15) is 24.4 Å². The van der Waals surface area contributed by atoms with Gasteiger partial charge in [0.25, 0.3) is 0 Å². The topological polar surface area (TPSA) is 137 Å². The van der Waals surface area contributed by atoms with E-state index in [1.54, 1.807) is 13.2 Å². The van der Waals surface area contributed by atoms with Crippen LogP contribution in [-0.2, 0) is 26.2 Å². The van der Waals surface area contributed by atoms with Gasteiger partial charge in [0.2, 0.25) is 5.91 Å². The Bertz CT molecular complexity index is 527. The number of carboxylic acids is 1. The summed E-state index contributed by atoms with van der Waals surface area (Å²) in [6.45, 7) is 0. The molecule has 0 spiro atoms. The van der Waals surface area contributed by atoms with Crippen molar-refractivity contribution in [2.45, 2.75) is 24.9 Å². The molecule has 2 atom stereocenters. The Kier molecular flexibility index (Phi) is 5.85. The SMILES string of the molecule is COC(=O)CC[C@@H](NC(=O)C(N)c1cnn(C)c1)C(=O)O. The van der Waals surface area contributed by atoms with E-state index >= 15 is 0 Å². The van der Waals surface area contributed by atoms with E-state index < -0.39 is 29.9 Å². The highest BCUT2D eigenvalue weighted by Crippen LogP contribution is 2.09. The van der Waals surface area contributed by atoms with Gasteiger partial charge < -0.3 is 20.9 Å². The molecule has 9 heteroatoms. The van der Waals surface area contributed by atoms with E-state index in [0.717, 1.165) is 0 Å². The highest BCUT2D eigenvalue weighted by atomic mass is 16.5. The van der Waals surface area contributed by atoms with Gasteiger partial charge in [0.1, 0.15) is 12.1 Å². The first-order valence-corrected chi connectivity index (χ1v) is 6.19. The molecule has 1 amide bonds. The van der Waals surface area contributed by atoms with E-state index in [0.29, 0.717) is 5.56 Å². The second kappa shape index (κ2) is 7.39. The molecule has 9 nitrogen and oxygen atoms in total. The quantitative estimate of drug-likeness (QED) is 0.546. The third kappa shape index (κ3) is 4.88. The highest BCUT2D eigenvalue weighted by Gasteiger charge is 2.25. The summed E-state index contributed by atoms with van der Waals surface area (Å²) in [7, 11) is 2.87. The first kappa shape index (κ1) is 16.6. The molecular weight excluding hydrogens is 280 g/mol. The molecule has 21 heavy (non-hydrogen) atoms. The first-order valence-electron chi connectivity index (χ1n) is 6.19. The number of esters is 1. The molecule has 0 aliphatic carbocycles. The van der Waals surface area contributed by atoms with Gasteiger partial charge in [-0.05, 0) is 6.42 Å². The number of hydrogen-bond acceptors (Lipinski definition) is 6. The summed E-state index contributed by atoms with van der Waals surface area (Å²) in [5, 5.41) is 15.2. The van der Waals surface area contributed by atoms with E-state index in [-0.39, 0.29) is 12.8 Å². The number of aliphatic carboxylic acids is 1. The molecule has 0 saturated heterocycles. The van der Waals surface area contributed by atoms with Gasteiger partial charge in [-0.3, -0.25) is 14.3 Å². The lowest BCUT2D eigenvalue weighted by molar-refractivity contribution is -0.144. The van der Waals surface area contributed by atoms with Crippen LogP contribution in [0.3, 0.4) is 0 Å². The minimum atomic E-state index is -1.24. The largest absolute Gasteiger partial charge is 0.480 e. The molecule has 0 bridgehead atoms. The molecular formula is C12H18N4O5. The molecule has 4 N–H and O–H groups in total. The van der Waals surface area contributed by atoms with Crippen LogP contribution in [0.5, 0.6) is 0 Å². The third-order valence-electron chi connectivity index (χ3n) is 2.85. The van der Waals surface area contributed by atoms with Gasteiger partial charge in [-0.15, -0.1) is 0 Å². The third-order valence-corrected chi connectivity index (χ3v) is 2.85. The van der Waals surface area contributed by atoms with Crippen molar-refractivity contribution in [3.05, 3.63) is 18.0 Å². The molecule has 1 rings (SSSR count). The summed E-state index contributed by atoms with van der Waals surface area (Å²) in [5.41, 5.74) is 6.20. The van der Waals surface area contributed by atoms with E-state index in [1.807, 2.05) is 0 Å². The number of methoxy groups -OCH3 is 1. The van der Waals surface area contributed by atoms with E-state index in [1.165, 1.54) is 18.0 Å². The predicted molar refractivity (Wildman–Crippen MR) is 71.0 cm³/mol. The molecule has 1 aromatic rings. The average molecular weight is 298 g/mol. The molecule has 0 radical (unpaired) electrons. The molecule has 0 aliphatic rings. The number of carbonyl (C=O) groups excluding carboxylic acids is 2. The smallest absolute Gasteiger partial charge is 0.326 e. The monoisotopic (exact) mass is 298 g/mol. The minimum absolute atomic E-state index is 0.0759. The van der Waals surface area contributed by atoms with Crippen LogP contribution in [0.25, 0.3) is 0 Å². The van der Waals surface area contributed by atoms with E-state index in [4.69, 9.17) is 10.8 Å². The van der Waals surface area contributed by atoms with Gasteiger partial charge in [-0.25, -0.2) is 4.79 Å². The maximum atomic E-state index is 11.9. The van der Waals surface area contributed by atoms with Crippen LogP contribution in [0, 0.1) is 0 Å². The lowest BCUT2D eigenvalue weighted by atomic mass is 10.1. The number of nitrogens with two attached hydrogens (primary N) is 1. The molecule has 1 unspecified atom stereocenters. The second-order valence-electron chi connectivity index (χ2n) is 4.44. The number of carboxylic acid groups (broad SMARTS) is 1.